The zero-order valence-corrected chi connectivity index (χ0v) is 19.0. The van der Waals surface area contributed by atoms with Crippen LogP contribution in [0.5, 0.6) is 5.75 Å². The number of rotatable bonds is 10. The average molecular weight is 451 g/mol. The summed E-state index contributed by atoms with van der Waals surface area (Å²) in [6.45, 7) is 6.50. The minimum atomic E-state index is -0.621. The smallest absolute Gasteiger partial charge is 0.261 e. The van der Waals surface area contributed by atoms with Crippen LogP contribution in [0.25, 0.3) is 0 Å². The number of amides is 2. The molecule has 2 aromatic carbocycles. The van der Waals surface area contributed by atoms with Crippen molar-refractivity contribution < 1.29 is 14.3 Å². The van der Waals surface area contributed by atoms with Crippen LogP contribution < -0.4 is 10.1 Å². The number of hydrogen-bond acceptors (Lipinski definition) is 3. The van der Waals surface area contributed by atoms with E-state index >= 15 is 0 Å². The van der Waals surface area contributed by atoms with Gasteiger partial charge in [-0.25, -0.2) is 0 Å². The van der Waals surface area contributed by atoms with E-state index in [2.05, 4.69) is 5.32 Å². The number of ether oxygens (including phenoxy) is 1. The van der Waals surface area contributed by atoms with Crippen LogP contribution in [0.4, 0.5) is 0 Å². The Morgan fingerprint density at radius 2 is 1.77 bits per heavy atom. The fourth-order valence-electron chi connectivity index (χ4n) is 2.84. The Labute approximate surface area is 188 Å². The van der Waals surface area contributed by atoms with Crippen LogP contribution >= 0.6 is 23.2 Å². The Hall–Kier alpha value is -2.24. The van der Waals surface area contributed by atoms with E-state index < -0.39 is 6.04 Å². The van der Waals surface area contributed by atoms with E-state index in [1.807, 2.05) is 44.2 Å². The Morgan fingerprint density at radius 3 is 2.40 bits per heavy atom. The van der Waals surface area contributed by atoms with E-state index in [1.165, 1.54) is 0 Å². The van der Waals surface area contributed by atoms with Gasteiger partial charge in [-0.1, -0.05) is 67.4 Å². The van der Waals surface area contributed by atoms with Crippen molar-refractivity contribution in [3.8, 4) is 5.75 Å². The van der Waals surface area contributed by atoms with E-state index in [1.54, 1.807) is 30.0 Å². The highest BCUT2D eigenvalue weighted by molar-refractivity contribution is 6.35. The molecule has 30 heavy (non-hydrogen) atoms. The van der Waals surface area contributed by atoms with Crippen LogP contribution in [0.2, 0.25) is 10.0 Å². The number of carbonyl (C=O) groups is 2. The lowest BCUT2D eigenvalue weighted by Gasteiger charge is -2.29. The fraction of sp³-hybridized carbons (Fsp3) is 0.391. The van der Waals surface area contributed by atoms with Crippen LogP contribution in [0, 0.1) is 5.92 Å². The molecule has 7 heteroatoms. The van der Waals surface area contributed by atoms with Crippen molar-refractivity contribution in [2.45, 2.75) is 33.2 Å². The van der Waals surface area contributed by atoms with Gasteiger partial charge in [-0.3, -0.25) is 9.59 Å². The third-order valence-electron chi connectivity index (χ3n) is 4.58. The Kier molecular flexibility index (Phi) is 9.47. The Morgan fingerprint density at radius 1 is 1.07 bits per heavy atom. The molecule has 2 aromatic rings. The summed E-state index contributed by atoms with van der Waals surface area (Å²) in [5.74, 6) is 0.220. The molecule has 0 heterocycles. The highest BCUT2D eigenvalue weighted by Gasteiger charge is 2.26. The van der Waals surface area contributed by atoms with Crippen molar-refractivity contribution in [3.63, 3.8) is 0 Å². The number of nitrogens with one attached hydrogen (secondary N) is 1. The molecule has 0 radical (unpaired) electrons. The average Bonchev–Trinajstić information content (AvgIpc) is 2.72. The third kappa shape index (κ3) is 7.54. The van der Waals surface area contributed by atoms with Gasteiger partial charge in [-0.05, 0) is 43.0 Å². The number of hydrogen-bond donors (Lipinski definition) is 1. The quantitative estimate of drug-likeness (QED) is 0.574. The molecule has 5 nitrogen and oxygen atoms in total. The lowest BCUT2D eigenvalue weighted by Crippen LogP contribution is -2.50. The molecular formula is C23H28Cl2N2O3. The molecule has 0 spiro atoms. The SMILES string of the molecule is CC(C)CNC(=O)[C@H](C)N(CCc1ccccc1)C(=O)COc1ccc(Cl)cc1Cl. The molecule has 0 aliphatic carbocycles. The molecule has 0 fully saturated rings. The van der Waals surface area contributed by atoms with Gasteiger partial charge >= 0.3 is 0 Å². The zero-order valence-electron chi connectivity index (χ0n) is 17.5. The van der Waals surface area contributed by atoms with Crippen LogP contribution in [0.15, 0.2) is 48.5 Å². The molecular weight excluding hydrogens is 423 g/mol. The van der Waals surface area contributed by atoms with Crippen LogP contribution in [0.3, 0.4) is 0 Å². The monoisotopic (exact) mass is 450 g/mol. The van der Waals surface area contributed by atoms with Gasteiger partial charge in [0.1, 0.15) is 11.8 Å². The first-order valence-electron chi connectivity index (χ1n) is 9.97. The summed E-state index contributed by atoms with van der Waals surface area (Å²) in [6, 6.07) is 14.0. The summed E-state index contributed by atoms with van der Waals surface area (Å²) in [6.07, 6.45) is 0.635. The molecule has 1 atom stereocenters. The molecule has 0 aliphatic rings. The predicted octanol–water partition coefficient (Wildman–Crippen LogP) is 4.60. The molecule has 1 N–H and O–H groups in total. The van der Waals surface area contributed by atoms with Gasteiger partial charge in [0.05, 0.1) is 5.02 Å². The largest absolute Gasteiger partial charge is 0.482 e. The molecule has 0 unspecified atom stereocenters. The van der Waals surface area contributed by atoms with Crippen molar-refractivity contribution in [2.75, 3.05) is 19.7 Å². The van der Waals surface area contributed by atoms with Gasteiger partial charge in [0.25, 0.3) is 5.91 Å². The Balaban J connectivity index is 2.07. The maximum atomic E-state index is 13.0. The first-order chi connectivity index (χ1) is 14.3. The van der Waals surface area contributed by atoms with Crippen molar-refractivity contribution in [1.82, 2.24) is 10.2 Å². The maximum absolute atomic E-state index is 13.0. The molecule has 0 aromatic heterocycles. The van der Waals surface area contributed by atoms with Crippen molar-refractivity contribution in [1.29, 1.82) is 0 Å². The number of halogens is 2. The minimum Gasteiger partial charge on any atom is -0.482 e. The van der Waals surface area contributed by atoms with Crippen LogP contribution in [-0.2, 0) is 16.0 Å². The minimum absolute atomic E-state index is 0.186. The zero-order chi connectivity index (χ0) is 22.1. The van der Waals surface area contributed by atoms with Crippen molar-refractivity contribution in [3.05, 3.63) is 64.1 Å². The van der Waals surface area contributed by atoms with Gasteiger partial charge in [-0.2, -0.15) is 0 Å². The van der Waals surface area contributed by atoms with Gasteiger partial charge in [0.2, 0.25) is 5.91 Å². The lowest BCUT2D eigenvalue weighted by atomic mass is 10.1. The second-order valence-corrected chi connectivity index (χ2v) is 8.34. The van der Waals surface area contributed by atoms with E-state index in [9.17, 15) is 9.59 Å². The summed E-state index contributed by atoms with van der Waals surface area (Å²) in [5.41, 5.74) is 1.09. The summed E-state index contributed by atoms with van der Waals surface area (Å²) < 4.78 is 5.60. The van der Waals surface area contributed by atoms with E-state index in [-0.39, 0.29) is 18.4 Å². The third-order valence-corrected chi connectivity index (χ3v) is 5.11. The van der Waals surface area contributed by atoms with E-state index in [4.69, 9.17) is 27.9 Å². The van der Waals surface area contributed by atoms with Gasteiger partial charge in [0, 0.05) is 18.1 Å². The van der Waals surface area contributed by atoms with Crippen LogP contribution in [0.1, 0.15) is 26.3 Å². The molecule has 0 aliphatic heterocycles. The van der Waals surface area contributed by atoms with Gasteiger partial charge < -0.3 is 15.0 Å². The molecule has 0 saturated carbocycles. The van der Waals surface area contributed by atoms with Crippen LogP contribution in [-0.4, -0.2) is 42.5 Å². The highest BCUT2D eigenvalue weighted by Crippen LogP contribution is 2.27. The molecule has 162 valence electrons. The standard InChI is InChI=1S/C23H28Cl2N2O3/c1-16(2)14-26-23(29)17(3)27(12-11-18-7-5-4-6-8-18)22(28)15-30-21-10-9-19(24)13-20(21)25/h4-10,13,16-17H,11-12,14-15H2,1-3H3,(H,26,29)/t17-/m0/s1. The molecule has 2 rings (SSSR count). The Bertz CT molecular complexity index is 844. The number of nitrogens with zero attached hydrogens (tertiary/aromatic N) is 1. The number of benzene rings is 2. The van der Waals surface area contributed by atoms with Gasteiger partial charge in [0.15, 0.2) is 6.61 Å². The summed E-state index contributed by atoms with van der Waals surface area (Å²) in [7, 11) is 0. The van der Waals surface area contributed by atoms with Gasteiger partial charge in [-0.15, -0.1) is 0 Å². The molecule has 0 bridgehead atoms. The summed E-state index contributed by atoms with van der Waals surface area (Å²) in [4.78, 5) is 27.1. The fourth-order valence-corrected chi connectivity index (χ4v) is 3.30. The summed E-state index contributed by atoms with van der Waals surface area (Å²) in [5, 5.41) is 3.71. The topological polar surface area (TPSA) is 58.6 Å². The lowest BCUT2D eigenvalue weighted by molar-refractivity contribution is -0.141. The normalized spacial score (nSPS) is 11.8. The van der Waals surface area contributed by atoms with E-state index in [0.29, 0.717) is 41.2 Å². The first kappa shape index (κ1) is 24.0. The summed E-state index contributed by atoms with van der Waals surface area (Å²) >= 11 is 12.0. The molecule has 2 amide bonds. The highest BCUT2D eigenvalue weighted by atomic mass is 35.5. The predicted molar refractivity (Wildman–Crippen MR) is 121 cm³/mol. The van der Waals surface area contributed by atoms with Crippen molar-refractivity contribution >= 4 is 35.0 Å². The maximum Gasteiger partial charge on any atom is 0.261 e. The molecule has 0 saturated heterocycles. The number of carbonyl (C=O) groups excluding carboxylic acids is 2. The first-order valence-corrected chi connectivity index (χ1v) is 10.7. The second-order valence-electron chi connectivity index (χ2n) is 7.50. The second kappa shape index (κ2) is 11.8. The van der Waals surface area contributed by atoms with E-state index in [0.717, 1.165) is 5.56 Å². The van der Waals surface area contributed by atoms with Crippen molar-refractivity contribution in [2.24, 2.45) is 5.92 Å².